The van der Waals surface area contributed by atoms with Crippen LogP contribution in [0, 0.1) is 12.8 Å². The standard InChI is InChI=1S/C13H21ClN4/c1-9-13(14)12(17(2)16-9)8-18-6-5-15-11(7-18)10-3-4-10/h10-11,15H,3-8H2,1-2H3. The molecule has 1 unspecified atom stereocenters. The van der Waals surface area contributed by atoms with Gasteiger partial charge in [0.1, 0.15) is 0 Å². The summed E-state index contributed by atoms with van der Waals surface area (Å²) in [4.78, 5) is 2.50. The first kappa shape index (κ1) is 12.5. The summed E-state index contributed by atoms with van der Waals surface area (Å²) in [6, 6.07) is 0.687. The van der Waals surface area contributed by atoms with Gasteiger partial charge in [0.25, 0.3) is 0 Å². The van der Waals surface area contributed by atoms with Crippen LogP contribution >= 0.6 is 11.6 Å². The van der Waals surface area contributed by atoms with E-state index in [0.717, 1.165) is 48.5 Å². The van der Waals surface area contributed by atoms with E-state index in [0.29, 0.717) is 6.04 Å². The van der Waals surface area contributed by atoms with Crippen LogP contribution in [0.5, 0.6) is 0 Å². The quantitative estimate of drug-likeness (QED) is 0.903. The zero-order chi connectivity index (χ0) is 12.7. The van der Waals surface area contributed by atoms with Gasteiger partial charge in [-0.1, -0.05) is 11.6 Å². The summed E-state index contributed by atoms with van der Waals surface area (Å²) in [5, 5.41) is 8.85. The molecule has 3 rings (SSSR count). The Bertz CT molecular complexity index is 438. The molecule has 18 heavy (non-hydrogen) atoms. The van der Waals surface area contributed by atoms with Crippen LogP contribution in [0.2, 0.25) is 5.02 Å². The first-order valence-electron chi connectivity index (χ1n) is 6.79. The van der Waals surface area contributed by atoms with E-state index in [9.17, 15) is 0 Å². The van der Waals surface area contributed by atoms with Crippen molar-refractivity contribution in [2.24, 2.45) is 13.0 Å². The maximum atomic E-state index is 6.32. The first-order chi connectivity index (χ1) is 8.65. The molecule has 1 aromatic heterocycles. The van der Waals surface area contributed by atoms with Crippen LogP contribution in [0.3, 0.4) is 0 Å². The van der Waals surface area contributed by atoms with Gasteiger partial charge < -0.3 is 5.32 Å². The van der Waals surface area contributed by atoms with Gasteiger partial charge in [0.15, 0.2) is 0 Å². The van der Waals surface area contributed by atoms with E-state index in [1.807, 2.05) is 18.7 Å². The van der Waals surface area contributed by atoms with Gasteiger partial charge in [0, 0.05) is 39.3 Å². The molecule has 100 valence electrons. The number of aromatic nitrogens is 2. The van der Waals surface area contributed by atoms with E-state index < -0.39 is 0 Å². The van der Waals surface area contributed by atoms with Crippen LogP contribution in [0.15, 0.2) is 0 Å². The van der Waals surface area contributed by atoms with Crippen LogP contribution in [-0.4, -0.2) is 40.4 Å². The molecule has 0 amide bonds. The molecule has 2 heterocycles. The predicted molar refractivity (Wildman–Crippen MR) is 72.7 cm³/mol. The molecule has 1 aliphatic carbocycles. The Labute approximate surface area is 113 Å². The minimum absolute atomic E-state index is 0.687. The predicted octanol–water partition coefficient (Wildman–Crippen LogP) is 1.57. The summed E-state index contributed by atoms with van der Waals surface area (Å²) in [6.45, 7) is 6.22. The van der Waals surface area contributed by atoms with Crippen molar-refractivity contribution in [2.75, 3.05) is 19.6 Å². The van der Waals surface area contributed by atoms with E-state index in [1.54, 1.807) is 0 Å². The molecular weight excluding hydrogens is 248 g/mol. The summed E-state index contributed by atoms with van der Waals surface area (Å²) < 4.78 is 1.92. The van der Waals surface area contributed by atoms with E-state index in [2.05, 4.69) is 15.3 Å². The van der Waals surface area contributed by atoms with Gasteiger partial charge in [0.2, 0.25) is 0 Å². The third-order valence-corrected chi connectivity index (χ3v) is 4.61. The highest BCUT2D eigenvalue weighted by Gasteiger charge is 2.34. The summed E-state index contributed by atoms with van der Waals surface area (Å²) in [6.07, 6.45) is 2.80. The molecule has 2 aliphatic rings. The van der Waals surface area contributed by atoms with Crippen LogP contribution in [0.4, 0.5) is 0 Å². The fourth-order valence-electron chi connectivity index (χ4n) is 2.86. The highest BCUT2D eigenvalue weighted by molar-refractivity contribution is 6.31. The Kier molecular flexibility index (Phi) is 3.34. The topological polar surface area (TPSA) is 33.1 Å². The second kappa shape index (κ2) is 4.83. The summed E-state index contributed by atoms with van der Waals surface area (Å²) in [7, 11) is 1.98. The van der Waals surface area contributed by atoms with Crippen molar-refractivity contribution in [3.05, 3.63) is 16.4 Å². The Morgan fingerprint density at radius 3 is 2.83 bits per heavy atom. The molecule has 0 spiro atoms. The molecule has 1 saturated carbocycles. The number of hydrogen-bond acceptors (Lipinski definition) is 3. The molecule has 1 aromatic rings. The van der Waals surface area contributed by atoms with Crippen molar-refractivity contribution in [3.63, 3.8) is 0 Å². The molecule has 1 aliphatic heterocycles. The number of halogens is 1. The van der Waals surface area contributed by atoms with Crippen molar-refractivity contribution in [3.8, 4) is 0 Å². The fourth-order valence-corrected chi connectivity index (χ4v) is 3.08. The van der Waals surface area contributed by atoms with Crippen LogP contribution in [0.25, 0.3) is 0 Å². The van der Waals surface area contributed by atoms with Gasteiger partial charge in [0.05, 0.1) is 16.4 Å². The molecule has 0 bridgehead atoms. The number of rotatable bonds is 3. The monoisotopic (exact) mass is 268 g/mol. The molecule has 5 heteroatoms. The molecule has 1 saturated heterocycles. The minimum Gasteiger partial charge on any atom is -0.311 e. The number of nitrogens with one attached hydrogen (secondary N) is 1. The Hall–Kier alpha value is -0.580. The van der Waals surface area contributed by atoms with Gasteiger partial charge >= 0.3 is 0 Å². The Balaban J connectivity index is 1.67. The van der Waals surface area contributed by atoms with E-state index in [-0.39, 0.29) is 0 Å². The van der Waals surface area contributed by atoms with E-state index in [1.165, 1.54) is 12.8 Å². The van der Waals surface area contributed by atoms with Crippen molar-refractivity contribution < 1.29 is 0 Å². The molecule has 1 N–H and O–H groups in total. The molecule has 1 atom stereocenters. The third-order valence-electron chi connectivity index (χ3n) is 4.12. The van der Waals surface area contributed by atoms with Crippen molar-refractivity contribution in [1.29, 1.82) is 0 Å². The maximum Gasteiger partial charge on any atom is 0.0860 e. The average Bonchev–Trinajstić information content (AvgIpc) is 3.16. The lowest BCUT2D eigenvalue weighted by Gasteiger charge is -2.33. The van der Waals surface area contributed by atoms with Gasteiger partial charge in [-0.25, -0.2) is 0 Å². The zero-order valence-electron chi connectivity index (χ0n) is 11.1. The molecule has 0 radical (unpaired) electrons. The lowest BCUT2D eigenvalue weighted by Crippen LogP contribution is -2.51. The lowest BCUT2D eigenvalue weighted by atomic mass is 10.1. The lowest BCUT2D eigenvalue weighted by molar-refractivity contribution is 0.178. The second-order valence-corrected chi connectivity index (χ2v) is 5.98. The van der Waals surface area contributed by atoms with E-state index >= 15 is 0 Å². The summed E-state index contributed by atoms with van der Waals surface area (Å²) in [5.41, 5.74) is 2.08. The molecule has 0 aromatic carbocycles. The highest BCUT2D eigenvalue weighted by atomic mass is 35.5. The van der Waals surface area contributed by atoms with Crippen LogP contribution in [-0.2, 0) is 13.6 Å². The highest BCUT2D eigenvalue weighted by Crippen LogP contribution is 2.34. The zero-order valence-corrected chi connectivity index (χ0v) is 11.9. The number of piperazine rings is 1. The molecular formula is C13H21ClN4. The van der Waals surface area contributed by atoms with Gasteiger partial charge in [-0.3, -0.25) is 9.58 Å². The largest absolute Gasteiger partial charge is 0.311 e. The van der Waals surface area contributed by atoms with Crippen molar-refractivity contribution in [2.45, 2.75) is 32.4 Å². The fraction of sp³-hybridized carbons (Fsp3) is 0.769. The average molecular weight is 269 g/mol. The summed E-state index contributed by atoms with van der Waals surface area (Å²) >= 11 is 6.32. The Morgan fingerprint density at radius 2 is 2.22 bits per heavy atom. The van der Waals surface area contributed by atoms with Crippen LogP contribution in [0.1, 0.15) is 24.2 Å². The van der Waals surface area contributed by atoms with Crippen molar-refractivity contribution in [1.82, 2.24) is 20.0 Å². The number of aryl methyl sites for hydroxylation is 2. The summed E-state index contributed by atoms with van der Waals surface area (Å²) in [5.74, 6) is 0.913. The van der Waals surface area contributed by atoms with Crippen LogP contribution < -0.4 is 5.32 Å². The van der Waals surface area contributed by atoms with Gasteiger partial charge in [-0.2, -0.15) is 5.10 Å². The minimum atomic E-state index is 0.687. The van der Waals surface area contributed by atoms with Gasteiger partial charge in [-0.15, -0.1) is 0 Å². The first-order valence-corrected chi connectivity index (χ1v) is 7.16. The number of hydrogen-bond donors (Lipinski definition) is 1. The normalized spacial score (nSPS) is 25.6. The maximum absolute atomic E-state index is 6.32. The van der Waals surface area contributed by atoms with E-state index in [4.69, 9.17) is 11.6 Å². The second-order valence-electron chi connectivity index (χ2n) is 5.60. The smallest absolute Gasteiger partial charge is 0.0860 e. The third kappa shape index (κ3) is 2.42. The molecule has 2 fully saturated rings. The molecule has 4 nitrogen and oxygen atoms in total. The van der Waals surface area contributed by atoms with Crippen molar-refractivity contribution >= 4 is 11.6 Å². The van der Waals surface area contributed by atoms with Gasteiger partial charge in [-0.05, 0) is 25.7 Å². The SMILES string of the molecule is Cc1nn(C)c(CN2CCNC(C3CC3)C2)c1Cl. The Morgan fingerprint density at radius 1 is 1.44 bits per heavy atom. The number of nitrogens with zero attached hydrogens (tertiary/aromatic N) is 3.